The van der Waals surface area contributed by atoms with Crippen molar-refractivity contribution < 1.29 is 4.79 Å². The summed E-state index contributed by atoms with van der Waals surface area (Å²) in [6.07, 6.45) is 3.69. The maximum Gasteiger partial charge on any atom is 0.223 e. The van der Waals surface area contributed by atoms with E-state index >= 15 is 0 Å². The smallest absolute Gasteiger partial charge is 0.223 e. The molecule has 0 aromatic heterocycles. The average Bonchev–Trinajstić information content (AvgIpc) is 3.19. The van der Waals surface area contributed by atoms with Crippen LogP contribution in [-0.4, -0.2) is 22.9 Å². The van der Waals surface area contributed by atoms with E-state index in [0.29, 0.717) is 12.5 Å². The van der Waals surface area contributed by atoms with Crippen LogP contribution in [0, 0.1) is 13.8 Å². The largest absolute Gasteiger partial charge is 0.331 e. The number of hydrogen-bond donors (Lipinski definition) is 1. The van der Waals surface area contributed by atoms with Crippen LogP contribution in [0.5, 0.6) is 0 Å². The Hall–Kier alpha value is -1.35. The minimum atomic E-state index is 0.0698. The highest BCUT2D eigenvalue weighted by Gasteiger charge is 2.42. The summed E-state index contributed by atoms with van der Waals surface area (Å²) in [4.78, 5) is 14.3. The summed E-state index contributed by atoms with van der Waals surface area (Å²) in [7, 11) is 0. The molecule has 3 nitrogen and oxygen atoms in total. The summed E-state index contributed by atoms with van der Waals surface area (Å²) in [5.74, 6) is 0.285. The molecule has 0 radical (unpaired) electrons. The first-order valence-electron chi connectivity index (χ1n) is 7.22. The third-order valence-electron chi connectivity index (χ3n) is 4.50. The first kappa shape index (κ1) is 12.7. The highest BCUT2D eigenvalue weighted by atomic mass is 16.2. The van der Waals surface area contributed by atoms with Gasteiger partial charge in [0.25, 0.3) is 0 Å². The van der Waals surface area contributed by atoms with Crippen LogP contribution in [0.2, 0.25) is 0 Å². The van der Waals surface area contributed by atoms with Crippen LogP contribution in [0.4, 0.5) is 0 Å². The lowest BCUT2D eigenvalue weighted by Gasteiger charge is -2.40. The number of carbonyl (C=O) groups excluding carboxylic acids is 1. The molecule has 1 amide bonds. The van der Waals surface area contributed by atoms with E-state index in [-0.39, 0.29) is 18.0 Å². The molecule has 1 aliphatic heterocycles. The Kier molecular flexibility index (Phi) is 3.09. The van der Waals surface area contributed by atoms with Gasteiger partial charge in [-0.15, -0.1) is 0 Å². The van der Waals surface area contributed by atoms with Gasteiger partial charge in [0.05, 0.1) is 6.04 Å². The zero-order valence-corrected chi connectivity index (χ0v) is 11.7. The number of nitrogens with zero attached hydrogens (tertiary/aromatic N) is 1. The fraction of sp³-hybridized carbons (Fsp3) is 0.562. The Morgan fingerprint density at radius 3 is 2.53 bits per heavy atom. The van der Waals surface area contributed by atoms with Gasteiger partial charge in [0.15, 0.2) is 0 Å². The van der Waals surface area contributed by atoms with E-state index < -0.39 is 0 Å². The van der Waals surface area contributed by atoms with E-state index in [4.69, 9.17) is 5.73 Å². The SMILES string of the molecule is Cc1ccc(C2C(N)CCC(=O)N2C2CC2)cc1C. The van der Waals surface area contributed by atoms with Gasteiger partial charge in [-0.2, -0.15) is 0 Å². The molecule has 102 valence electrons. The Balaban J connectivity index is 1.97. The van der Waals surface area contributed by atoms with E-state index in [1.54, 1.807) is 0 Å². The van der Waals surface area contributed by atoms with Crippen LogP contribution in [0.3, 0.4) is 0 Å². The van der Waals surface area contributed by atoms with E-state index in [2.05, 4.69) is 36.9 Å². The van der Waals surface area contributed by atoms with Crippen molar-refractivity contribution in [3.05, 3.63) is 34.9 Å². The van der Waals surface area contributed by atoms with Crippen molar-refractivity contribution in [2.75, 3.05) is 0 Å². The molecule has 1 saturated carbocycles. The van der Waals surface area contributed by atoms with Crippen LogP contribution in [0.15, 0.2) is 18.2 Å². The van der Waals surface area contributed by atoms with Crippen molar-refractivity contribution in [3.8, 4) is 0 Å². The van der Waals surface area contributed by atoms with E-state index in [0.717, 1.165) is 19.3 Å². The minimum absolute atomic E-state index is 0.0698. The van der Waals surface area contributed by atoms with Gasteiger partial charge in [0.2, 0.25) is 5.91 Å². The molecular weight excluding hydrogens is 236 g/mol. The quantitative estimate of drug-likeness (QED) is 0.885. The van der Waals surface area contributed by atoms with Gasteiger partial charge in [-0.05, 0) is 49.8 Å². The van der Waals surface area contributed by atoms with Gasteiger partial charge in [-0.1, -0.05) is 18.2 Å². The lowest BCUT2D eigenvalue weighted by atomic mass is 9.89. The predicted octanol–water partition coefficient (Wildman–Crippen LogP) is 2.46. The highest BCUT2D eigenvalue weighted by molar-refractivity contribution is 5.78. The summed E-state index contributed by atoms with van der Waals surface area (Å²) in [5.41, 5.74) is 10.1. The number of rotatable bonds is 2. The van der Waals surface area contributed by atoms with E-state index in [1.165, 1.54) is 16.7 Å². The molecule has 1 aromatic rings. The lowest BCUT2D eigenvalue weighted by molar-refractivity contribution is -0.138. The Morgan fingerprint density at radius 2 is 1.89 bits per heavy atom. The van der Waals surface area contributed by atoms with Crippen molar-refractivity contribution in [1.29, 1.82) is 0 Å². The molecule has 19 heavy (non-hydrogen) atoms. The van der Waals surface area contributed by atoms with Crippen LogP contribution in [-0.2, 0) is 4.79 Å². The third-order valence-corrected chi connectivity index (χ3v) is 4.50. The van der Waals surface area contributed by atoms with Gasteiger partial charge >= 0.3 is 0 Å². The Morgan fingerprint density at radius 1 is 1.16 bits per heavy atom. The van der Waals surface area contributed by atoms with Crippen LogP contribution in [0.25, 0.3) is 0 Å². The normalized spacial score (nSPS) is 27.7. The first-order valence-corrected chi connectivity index (χ1v) is 7.22. The fourth-order valence-electron chi connectivity index (χ4n) is 3.08. The number of likely N-dealkylation sites (tertiary alicyclic amines) is 1. The highest BCUT2D eigenvalue weighted by Crippen LogP contribution is 2.40. The molecule has 1 saturated heterocycles. The predicted molar refractivity (Wildman–Crippen MR) is 75.7 cm³/mol. The van der Waals surface area contributed by atoms with Crippen LogP contribution in [0.1, 0.15) is 48.4 Å². The molecule has 1 aromatic carbocycles. The van der Waals surface area contributed by atoms with Gasteiger partial charge in [0.1, 0.15) is 0 Å². The average molecular weight is 258 g/mol. The molecule has 1 aliphatic carbocycles. The molecule has 2 unspecified atom stereocenters. The van der Waals surface area contributed by atoms with Crippen molar-refractivity contribution in [1.82, 2.24) is 4.90 Å². The van der Waals surface area contributed by atoms with Gasteiger partial charge in [-0.25, -0.2) is 0 Å². The van der Waals surface area contributed by atoms with Crippen molar-refractivity contribution in [2.45, 2.75) is 57.7 Å². The number of aryl methyl sites for hydroxylation is 2. The number of hydrogen-bond acceptors (Lipinski definition) is 2. The Bertz CT molecular complexity index is 507. The number of amides is 1. The standard InChI is InChI=1S/C16H22N2O/c1-10-3-4-12(9-11(10)2)16-14(17)7-8-15(19)18(16)13-5-6-13/h3-4,9,13-14,16H,5-8,17H2,1-2H3. The van der Waals surface area contributed by atoms with Gasteiger partial charge in [-0.3, -0.25) is 4.79 Å². The first-order chi connectivity index (χ1) is 9.08. The molecule has 2 N–H and O–H groups in total. The Labute approximate surface area is 114 Å². The molecule has 3 rings (SSSR count). The number of piperidine rings is 1. The molecule has 0 bridgehead atoms. The third kappa shape index (κ3) is 2.27. The summed E-state index contributed by atoms with van der Waals surface area (Å²) in [6, 6.07) is 7.06. The molecule has 2 fully saturated rings. The van der Waals surface area contributed by atoms with Crippen molar-refractivity contribution >= 4 is 5.91 Å². The summed E-state index contributed by atoms with van der Waals surface area (Å²) >= 11 is 0. The van der Waals surface area contributed by atoms with Gasteiger partial charge < -0.3 is 10.6 Å². The van der Waals surface area contributed by atoms with E-state index in [1.807, 2.05) is 0 Å². The molecule has 2 atom stereocenters. The van der Waals surface area contributed by atoms with Gasteiger partial charge in [0, 0.05) is 18.5 Å². The van der Waals surface area contributed by atoms with Crippen molar-refractivity contribution in [2.24, 2.45) is 5.73 Å². The molecule has 0 spiro atoms. The molecular formula is C16H22N2O. The number of carbonyl (C=O) groups is 1. The second kappa shape index (κ2) is 4.64. The maximum atomic E-state index is 12.2. The van der Waals surface area contributed by atoms with Crippen molar-refractivity contribution in [3.63, 3.8) is 0 Å². The molecule has 1 heterocycles. The fourth-order valence-corrected chi connectivity index (χ4v) is 3.08. The topological polar surface area (TPSA) is 46.3 Å². The zero-order valence-electron chi connectivity index (χ0n) is 11.7. The molecule has 3 heteroatoms. The number of nitrogens with two attached hydrogens (primary N) is 1. The van der Waals surface area contributed by atoms with Crippen LogP contribution >= 0.6 is 0 Å². The summed E-state index contributed by atoms with van der Waals surface area (Å²) in [6.45, 7) is 4.24. The zero-order chi connectivity index (χ0) is 13.6. The number of benzene rings is 1. The maximum absolute atomic E-state index is 12.2. The second-order valence-corrected chi connectivity index (χ2v) is 6.02. The van der Waals surface area contributed by atoms with E-state index in [9.17, 15) is 4.79 Å². The monoisotopic (exact) mass is 258 g/mol. The summed E-state index contributed by atoms with van der Waals surface area (Å²) in [5, 5.41) is 0. The molecule has 2 aliphatic rings. The lowest BCUT2D eigenvalue weighted by Crippen LogP contribution is -2.49. The second-order valence-electron chi connectivity index (χ2n) is 6.02. The summed E-state index contributed by atoms with van der Waals surface area (Å²) < 4.78 is 0. The minimum Gasteiger partial charge on any atom is -0.331 e. The van der Waals surface area contributed by atoms with Crippen LogP contribution < -0.4 is 5.73 Å².